The number of benzene rings is 3. The third-order valence-corrected chi connectivity index (χ3v) is 6.87. The van der Waals surface area contributed by atoms with E-state index in [2.05, 4.69) is 5.32 Å². The lowest BCUT2D eigenvalue weighted by Gasteiger charge is -2.14. The van der Waals surface area contributed by atoms with Crippen LogP contribution in [0.25, 0.3) is 6.08 Å². The van der Waals surface area contributed by atoms with Gasteiger partial charge in [0.1, 0.15) is 11.5 Å². The van der Waals surface area contributed by atoms with Crippen LogP contribution < -0.4 is 19.7 Å². The molecule has 0 aliphatic carbocycles. The number of aryl methyl sites for hydroxylation is 1. The van der Waals surface area contributed by atoms with E-state index < -0.39 is 0 Å². The number of anilines is 2. The molecule has 4 rings (SSSR count). The predicted octanol–water partition coefficient (Wildman–Crippen LogP) is 5.74. The van der Waals surface area contributed by atoms with Crippen molar-refractivity contribution in [2.24, 2.45) is 0 Å². The first-order chi connectivity index (χ1) is 16.9. The van der Waals surface area contributed by atoms with Gasteiger partial charge in [-0.2, -0.15) is 0 Å². The molecule has 8 heteroatoms. The number of carbonyl (C=O) groups excluding carboxylic acids is 2. The fourth-order valence-electron chi connectivity index (χ4n) is 3.51. The number of para-hydroxylation sites is 1. The van der Waals surface area contributed by atoms with E-state index >= 15 is 0 Å². The molecule has 178 valence electrons. The van der Waals surface area contributed by atoms with Crippen molar-refractivity contribution in [1.82, 2.24) is 0 Å². The van der Waals surface area contributed by atoms with Gasteiger partial charge in [0, 0.05) is 11.3 Å². The van der Waals surface area contributed by atoms with E-state index in [1.807, 2.05) is 50.2 Å². The van der Waals surface area contributed by atoms with Crippen LogP contribution in [0.2, 0.25) is 0 Å². The molecule has 0 bridgehead atoms. The Kier molecular flexibility index (Phi) is 7.53. The second-order valence-corrected chi connectivity index (χ2v) is 9.51. The number of amides is 2. The van der Waals surface area contributed by atoms with Gasteiger partial charge in [0.15, 0.2) is 10.9 Å². The van der Waals surface area contributed by atoms with Crippen LogP contribution in [0.3, 0.4) is 0 Å². The Labute approximate surface area is 213 Å². The summed E-state index contributed by atoms with van der Waals surface area (Å²) in [6.45, 7) is 3.79. The highest BCUT2D eigenvalue weighted by Crippen LogP contribution is 2.37. The van der Waals surface area contributed by atoms with Gasteiger partial charge in [0.25, 0.3) is 11.8 Å². The zero-order valence-electron chi connectivity index (χ0n) is 19.5. The Bertz CT molecular complexity index is 1320. The van der Waals surface area contributed by atoms with Gasteiger partial charge in [-0.05, 0) is 67.4 Å². The van der Waals surface area contributed by atoms with Crippen LogP contribution in [0.5, 0.6) is 11.5 Å². The minimum Gasteiger partial charge on any atom is -0.497 e. The average Bonchev–Trinajstić information content (AvgIpc) is 3.14. The SMILES string of the molecule is COc1ccc(N2C(=O)/C(=C/c3ccccc3OCC(=O)Nc3cccc(C)c3C)SC2=S)cc1. The van der Waals surface area contributed by atoms with Crippen molar-refractivity contribution in [1.29, 1.82) is 0 Å². The maximum atomic E-state index is 13.1. The van der Waals surface area contributed by atoms with Crippen LogP contribution in [0, 0.1) is 13.8 Å². The normalized spacial score (nSPS) is 14.4. The van der Waals surface area contributed by atoms with E-state index in [9.17, 15) is 9.59 Å². The monoisotopic (exact) mass is 504 g/mol. The van der Waals surface area contributed by atoms with E-state index in [4.69, 9.17) is 21.7 Å². The number of thioether (sulfide) groups is 1. The van der Waals surface area contributed by atoms with E-state index in [0.717, 1.165) is 16.8 Å². The van der Waals surface area contributed by atoms with Gasteiger partial charge in [-0.15, -0.1) is 0 Å². The minimum atomic E-state index is -0.265. The number of carbonyl (C=O) groups is 2. The molecule has 1 saturated heterocycles. The fraction of sp³-hybridized carbons (Fsp3) is 0.148. The summed E-state index contributed by atoms with van der Waals surface area (Å²) in [5.41, 5.74) is 4.22. The van der Waals surface area contributed by atoms with Crippen LogP contribution >= 0.6 is 24.0 Å². The molecule has 0 radical (unpaired) electrons. The predicted molar refractivity (Wildman–Crippen MR) is 145 cm³/mol. The van der Waals surface area contributed by atoms with Crippen molar-refractivity contribution in [3.05, 3.63) is 88.3 Å². The molecule has 0 atom stereocenters. The summed E-state index contributed by atoms with van der Waals surface area (Å²) in [7, 11) is 1.59. The van der Waals surface area contributed by atoms with Crippen LogP contribution in [0.1, 0.15) is 16.7 Å². The number of nitrogens with zero attached hydrogens (tertiary/aromatic N) is 1. The summed E-state index contributed by atoms with van der Waals surface area (Å²) < 4.78 is 11.4. The highest BCUT2D eigenvalue weighted by atomic mass is 32.2. The second kappa shape index (κ2) is 10.8. The highest BCUT2D eigenvalue weighted by molar-refractivity contribution is 8.27. The summed E-state index contributed by atoms with van der Waals surface area (Å²) in [6.07, 6.45) is 1.74. The zero-order chi connectivity index (χ0) is 24.9. The lowest BCUT2D eigenvalue weighted by atomic mass is 10.1. The van der Waals surface area contributed by atoms with Crippen LogP contribution in [0.4, 0.5) is 11.4 Å². The topological polar surface area (TPSA) is 67.9 Å². The van der Waals surface area contributed by atoms with Gasteiger partial charge >= 0.3 is 0 Å². The third-order valence-electron chi connectivity index (χ3n) is 5.57. The van der Waals surface area contributed by atoms with Crippen molar-refractivity contribution < 1.29 is 19.1 Å². The number of rotatable bonds is 7. The zero-order valence-corrected chi connectivity index (χ0v) is 21.2. The molecule has 1 heterocycles. The number of nitrogens with one attached hydrogen (secondary N) is 1. The molecule has 1 N–H and O–H groups in total. The Morgan fingerprint density at radius 2 is 1.80 bits per heavy atom. The fourth-order valence-corrected chi connectivity index (χ4v) is 4.80. The summed E-state index contributed by atoms with van der Waals surface area (Å²) in [4.78, 5) is 27.6. The number of hydrogen-bond acceptors (Lipinski definition) is 6. The maximum absolute atomic E-state index is 13.1. The van der Waals surface area contributed by atoms with Crippen LogP contribution in [-0.2, 0) is 9.59 Å². The Morgan fingerprint density at radius 3 is 2.54 bits per heavy atom. The lowest BCUT2D eigenvalue weighted by molar-refractivity contribution is -0.118. The molecule has 1 fully saturated rings. The van der Waals surface area contributed by atoms with Crippen LogP contribution in [0.15, 0.2) is 71.6 Å². The van der Waals surface area contributed by atoms with E-state index in [0.29, 0.717) is 32.0 Å². The average molecular weight is 505 g/mol. The Morgan fingerprint density at radius 1 is 1.06 bits per heavy atom. The van der Waals surface area contributed by atoms with Crippen LogP contribution in [-0.4, -0.2) is 29.9 Å². The smallest absolute Gasteiger partial charge is 0.270 e. The third kappa shape index (κ3) is 5.55. The minimum absolute atomic E-state index is 0.162. The molecule has 3 aromatic carbocycles. The summed E-state index contributed by atoms with van der Waals surface area (Å²) in [6, 6.07) is 20.2. The molecule has 2 amide bonds. The molecule has 1 aliphatic heterocycles. The molecule has 6 nitrogen and oxygen atoms in total. The van der Waals surface area contributed by atoms with Gasteiger partial charge in [-0.3, -0.25) is 14.5 Å². The van der Waals surface area contributed by atoms with Gasteiger partial charge in [-0.25, -0.2) is 0 Å². The Hall–Kier alpha value is -3.62. The Balaban J connectivity index is 1.48. The van der Waals surface area contributed by atoms with Crippen molar-refractivity contribution >= 4 is 57.6 Å². The lowest BCUT2D eigenvalue weighted by Crippen LogP contribution is -2.27. The van der Waals surface area contributed by atoms with Gasteiger partial charge < -0.3 is 14.8 Å². The quantitative estimate of drug-likeness (QED) is 0.327. The van der Waals surface area contributed by atoms with E-state index in [1.165, 1.54) is 16.7 Å². The van der Waals surface area contributed by atoms with Crippen molar-refractivity contribution in [2.75, 3.05) is 23.9 Å². The number of thiocarbonyl (C=S) groups is 1. The summed E-state index contributed by atoms with van der Waals surface area (Å²) >= 11 is 6.69. The first kappa shape index (κ1) is 24.5. The van der Waals surface area contributed by atoms with Crippen molar-refractivity contribution in [2.45, 2.75) is 13.8 Å². The molecule has 1 aliphatic rings. The molecule has 0 unspecified atom stereocenters. The van der Waals surface area contributed by atoms with Gasteiger partial charge in [-0.1, -0.05) is 54.3 Å². The first-order valence-electron chi connectivity index (χ1n) is 10.9. The summed E-state index contributed by atoms with van der Waals surface area (Å²) in [5, 5.41) is 2.89. The van der Waals surface area contributed by atoms with Gasteiger partial charge in [0.2, 0.25) is 0 Å². The van der Waals surface area contributed by atoms with Gasteiger partial charge in [0.05, 0.1) is 17.7 Å². The maximum Gasteiger partial charge on any atom is 0.270 e. The standard InChI is InChI=1S/C27H24N2O4S2/c1-17-7-6-9-22(18(17)2)28-25(30)16-33-23-10-5-4-8-19(23)15-24-26(31)29(27(34)35-24)20-11-13-21(32-3)14-12-20/h4-15H,16H2,1-3H3,(H,28,30)/b24-15-. The van der Waals surface area contributed by atoms with Crippen molar-refractivity contribution in [3.8, 4) is 11.5 Å². The van der Waals surface area contributed by atoms with Crippen molar-refractivity contribution in [3.63, 3.8) is 0 Å². The highest BCUT2D eigenvalue weighted by Gasteiger charge is 2.33. The molecule has 3 aromatic rings. The number of ether oxygens (including phenoxy) is 2. The first-order valence-corrected chi connectivity index (χ1v) is 12.1. The molecule has 0 saturated carbocycles. The molecule has 0 spiro atoms. The second-order valence-electron chi connectivity index (χ2n) is 7.84. The molecular weight excluding hydrogens is 480 g/mol. The largest absolute Gasteiger partial charge is 0.497 e. The molecule has 35 heavy (non-hydrogen) atoms. The van der Waals surface area contributed by atoms with E-state index in [-0.39, 0.29) is 18.4 Å². The molecular formula is C27H24N2O4S2. The summed E-state index contributed by atoms with van der Waals surface area (Å²) in [5.74, 6) is 0.715. The number of hydrogen-bond donors (Lipinski definition) is 1. The van der Waals surface area contributed by atoms with E-state index in [1.54, 1.807) is 43.5 Å². The number of methoxy groups -OCH3 is 1. The molecule has 0 aromatic heterocycles.